The lowest BCUT2D eigenvalue weighted by Crippen LogP contribution is -2.14. The molecule has 1 atom stereocenters. The standard InChI is InChI=1S/C13H16BrNO3/c14-8-7-10-13(18-6-2-5-17-10)11(12(8)16)9-3-1-4-15-9/h7,9,15-16H,1-6H2. The van der Waals surface area contributed by atoms with Crippen LogP contribution in [-0.4, -0.2) is 24.9 Å². The Bertz CT molecular complexity index is 458. The molecule has 0 saturated carbocycles. The summed E-state index contributed by atoms with van der Waals surface area (Å²) in [6.07, 6.45) is 3.00. The average Bonchev–Trinajstić information content (AvgIpc) is 2.78. The summed E-state index contributed by atoms with van der Waals surface area (Å²) in [7, 11) is 0. The van der Waals surface area contributed by atoms with E-state index in [1.165, 1.54) is 0 Å². The first kappa shape index (κ1) is 12.1. The van der Waals surface area contributed by atoms with E-state index < -0.39 is 0 Å². The van der Waals surface area contributed by atoms with Crippen molar-refractivity contribution in [3.05, 3.63) is 16.1 Å². The maximum Gasteiger partial charge on any atom is 0.169 e. The van der Waals surface area contributed by atoms with Gasteiger partial charge in [0.15, 0.2) is 11.5 Å². The Morgan fingerprint density at radius 1 is 1.28 bits per heavy atom. The molecule has 98 valence electrons. The summed E-state index contributed by atoms with van der Waals surface area (Å²) in [4.78, 5) is 0. The first-order valence-corrected chi connectivity index (χ1v) is 7.11. The Morgan fingerprint density at radius 3 is 2.89 bits per heavy atom. The van der Waals surface area contributed by atoms with Crippen molar-refractivity contribution in [1.29, 1.82) is 0 Å². The van der Waals surface area contributed by atoms with E-state index >= 15 is 0 Å². The van der Waals surface area contributed by atoms with Crippen LogP contribution >= 0.6 is 15.9 Å². The van der Waals surface area contributed by atoms with E-state index in [-0.39, 0.29) is 11.8 Å². The summed E-state index contributed by atoms with van der Waals surface area (Å²) in [6.45, 7) is 2.27. The number of hydrogen-bond donors (Lipinski definition) is 2. The van der Waals surface area contributed by atoms with Gasteiger partial charge in [-0.25, -0.2) is 0 Å². The van der Waals surface area contributed by atoms with Crippen LogP contribution in [-0.2, 0) is 0 Å². The Hall–Kier alpha value is -0.940. The van der Waals surface area contributed by atoms with Crippen LogP contribution in [0.25, 0.3) is 0 Å². The van der Waals surface area contributed by atoms with E-state index in [1.54, 1.807) is 6.07 Å². The van der Waals surface area contributed by atoms with Crippen LogP contribution in [0.15, 0.2) is 10.5 Å². The van der Waals surface area contributed by atoms with Gasteiger partial charge in [0.05, 0.1) is 23.2 Å². The summed E-state index contributed by atoms with van der Waals surface area (Å²) in [5, 5.41) is 13.7. The Balaban J connectivity index is 2.11. The molecule has 1 saturated heterocycles. The lowest BCUT2D eigenvalue weighted by molar-refractivity contribution is 0.295. The zero-order valence-electron chi connectivity index (χ0n) is 10.0. The number of fused-ring (bicyclic) bond motifs is 1. The van der Waals surface area contributed by atoms with Crippen molar-refractivity contribution >= 4 is 15.9 Å². The number of nitrogens with one attached hydrogen (secondary N) is 1. The van der Waals surface area contributed by atoms with E-state index in [9.17, 15) is 5.11 Å². The lowest BCUT2D eigenvalue weighted by Gasteiger charge is -2.19. The maximum atomic E-state index is 10.3. The summed E-state index contributed by atoms with van der Waals surface area (Å²) in [6, 6.07) is 1.94. The molecule has 0 radical (unpaired) electrons. The van der Waals surface area contributed by atoms with Gasteiger partial charge in [0.25, 0.3) is 0 Å². The zero-order chi connectivity index (χ0) is 12.5. The highest BCUT2D eigenvalue weighted by molar-refractivity contribution is 9.10. The van der Waals surface area contributed by atoms with E-state index in [4.69, 9.17) is 9.47 Å². The fourth-order valence-corrected chi connectivity index (χ4v) is 2.97. The monoisotopic (exact) mass is 313 g/mol. The molecule has 3 rings (SSSR count). The molecule has 0 bridgehead atoms. The number of ether oxygens (including phenoxy) is 2. The van der Waals surface area contributed by atoms with Gasteiger partial charge in [0.1, 0.15) is 5.75 Å². The number of phenolic OH excluding ortho intramolecular Hbond substituents is 1. The Kier molecular flexibility index (Phi) is 3.35. The Morgan fingerprint density at radius 2 is 2.11 bits per heavy atom. The summed E-state index contributed by atoms with van der Waals surface area (Å²) >= 11 is 3.38. The Labute approximate surface area is 114 Å². The molecule has 2 aliphatic rings. The molecule has 0 spiro atoms. The molecule has 1 aromatic rings. The molecular weight excluding hydrogens is 298 g/mol. The van der Waals surface area contributed by atoms with Gasteiger partial charge in [-0.3, -0.25) is 0 Å². The molecule has 5 heteroatoms. The molecule has 4 nitrogen and oxygen atoms in total. The van der Waals surface area contributed by atoms with E-state index in [1.807, 2.05) is 0 Å². The van der Waals surface area contributed by atoms with Crippen LogP contribution in [0.5, 0.6) is 17.2 Å². The molecule has 2 aliphatic heterocycles. The molecular formula is C13H16BrNO3. The molecule has 1 fully saturated rings. The number of aromatic hydroxyl groups is 1. The van der Waals surface area contributed by atoms with Crippen LogP contribution in [0, 0.1) is 0 Å². The van der Waals surface area contributed by atoms with Crippen molar-refractivity contribution in [3.63, 3.8) is 0 Å². The molecule has 0 aliphatic carbocycles. The minimum absolute atomic E-state index is 0.151. The molecule has 2 heterocycles. The normalized spacial score (nSPS) is 22.8. The van der Waals surface area contributed by atoms with Crippen molar-refractivity contribution in [1.82, 2.24) is 5.32 Å². The molecule has 18 heavy (non-hydrogen) atoms. The maximum absolute atomic E-state index is 10.3. The van der Waals surface area contributed by atoms with E-state index in [2.05, 4.69) is 21.2 Å². The van der Waals surface area contributed by atoms with Crippen molar-refractivity contribution in [2.45, 2.75) is 25.3 Å². The average molecular weight is 314 g/mol. The highest BCUT2D eigenvalue weighted by Gasteiger charge is 2.28. The largest absolute Gasteiger partial charge is 0.506 e. The lowest BCUT2D eigenvalue weighted by atomic mass is 10.0. The third-order valence-corrected chi connectivity index (χ3v) is 4.01. The minimum Gasteiger partial charge on any atom is -0.506 e. The predicted octanol–water partition coefficient (Wildman–Crippen LogP) is 2.74. The third-order valence-electron chi connectivity index (χ3n) is 3.41. The van der Waals surface area contributed by atoms with Crippen LogP contribution in [0.4, 0.5) is 0 Å². The van der Waals surface area contributed by atoms with Gasteiger partial charge in [-0.1, -0.05) is 0 Å². The van der Waals surface area contributed by atoms with Gasteiger partial charge in [0, 0.05) is 18.5 Å². The van der Waals surface area contributed by atoms with Crippen LogP contribution in [0.1, 0.15) is 30.9 Å². The number of rotatable bonds is 1. The fourth-order valence-electron chi connectivity index (χ4n) is 2.54. The molecule has 1 aromatic carbocycles. The predicted molar refractivity (Wildman–Crippen MR) is 71.4 cm³/mol. The van der Waals surface area contributed by atoms with Gasteiger partial charge in [-0.15, -0.1) is 0 Å². The first-order chi connectivity index (χ1) is 8.77. The second-order valence-corrected chi connectivity index (χ2v) is 5.50. The molecule has 0 aromatic heterocycles. The summed E-state index contributed by atoms with van der Waals surface area (Å²) in [5.74, 6) is 1.69. The first-order valence-electron chi connectivity index (χ1n) is 6.31. The number of hydrogen-bond acceptors (Lipinski definition) is 4. The van der Waals surface area contributed by atoms with Gasteiger partial charge < -0.3 is 19.9 Å². The minimum atomic E-state index is 0.151. The zero-order valence-corrected chi connectivity index (χ0v) is 11.6. The van der Waals surface area contributed by atoms with E-state index in [0.717, 1.165) is 37.1 Å². The number of phenols is 1. The molecule has 1 unspecified atom stereocenters. The SMILES string of the molecule is Oc1c(Br)cc2c(c1C1CCCN1)OCCCO2. The van der Waals surface area contributed by atoms with Gasteiger partial charge in [-0.05, 0) is 35.3 Å². The van der Waals surface area contributed by atoms with Crippen molar-refractivity contribution in [2.75, 3.05) is 19.8 Å². The second kappa shape index (κ2) is 4.97. The van der Waals surface area contributed by atoms with Gasteiger partial charge in [0.2, 0.25) is 0 Å². The number of halogens is 1. The topological polar surface area (TPSA) is 50.7 Å². The molecule has 2 N–H and O–H groups in total. The smallest absolute Gasteiger partial charge is 0.169 e. The van der Waals surface area contributed by atoms with Crippen molar-refractivity contribution < 1.29 is 14.6 Å². The third kappa shape index (κ3) is 2.06. The summed E-state index contributed by atoms with van der Waals surface area (Å²) < 4.78 is 12.1. The van der Waals surface area contributed by atoms with E-state index in [0.29, 0.717) is 23.4 Å². The van der Waals surface area contributed by atoms with Gasteiger partial charge in [-0.2, -0.15) is 0 Å². The molecule has 0 amide bonds. The highest BCUT2D eigenvalue weighted by Crippen LogP contribution is 2.47. The van der Waals surface area contributed by atoms with Crippen molar-refractivity contribution in [3.8, 4) is 17.2 Å². The van der Waals surface area contributed by atoms with Crippen LogP contribution in [0.2, 0.25) is 0 Å². The summed E-state index contributed by atoms with van der Waals surface area (Å²) in [5.41, 5.74) is 0.832. The second-order valence-electron chi connectivity index (χ2n) is 4.65. The fraction of sp³-hybridized carbons (Fsp3) is 0.538. The van der Waals surface area contributed by atoms with Crippen molar-refractivity contribution in [2.24, 2.45) is 0 Å². The quantitative estimate of drug-likeness (QED) is 0.837. The van der Waals surface area contributed by atoms with Crippen LogP contribution < -0.4 is 14.8 Å². The number of benzene rings is 1. The highest BCUT2D eigenvalue weighted by atomic mass is 79.9. The van der Waals surface area contributed by atoms with Crippen LogP contribution in [0.3, 0.4) is 0 Å². The van der Waals surface area contributed by atoms with Gasteiger partial charge >= 0.3 is 0 Å².